The molecule has 2 unspecified atom stereocenters. The van der Waals surface area contributed by atoms with Crippen LogP contribution in [0.1, 0.15) is 393 Å². The van der Waals surface area contributed by atoms with Crippen LogP contribution in [0, 0.1) is 0 Å². The summed E-state index contributed by atoms with van der Waals surface area (Å²) in [4.78, 5) is 24.6. The van der Waals surface area contributed by atoms with E-state index in [0.29, 0.717) is 19.4 Å². The second-order valence-corrected chi connectivity index (χ2v) is 24.6. The van der Waals surface area contributed by atoms with Crippen LogP contribution in [0.5, 0.6) is 0 Å². The third-order valence-corrected chi connectivity index (χ3v) is 16.7. The number of hydrogen-bond acceptors (Lipinski definition) is 5. The van der Waals surface area contributed by atoms with E-state index in [-0.39, 0.29) is 18.5 Å². The van der Waals surface area contributed by atoms with E-state index >= 15 is 0 Å². The van der Waals surface area contributed by atoms with Gasteiger partial charge in [0.25, 0.3) is 0 Å². The summed E-state index contributed by atoms with van der Waals surface area (Å²) >= 11 is 0. The average molecular weight is 1110 g/mol. The van der Waals surface area contributed by atoms with Crippen molar-refractivity contribution in [3.8, 4) is 0 Å². The molecule has 0 aromatic carbocycles. The van der Waals surface area contributed by atoms with Gasteiger partial charge in [0.15, 0.2) is 0 Å². The van der Waals surface area contributed by atoms with Gasteiger partial charge in [-0.05, 0) is 64.2 Å². The number of ether oxygens (including phenoxy) is 1. The molecule has 0 bridgehead atoms. The molecule has 0 rings (SSSR count). The molecule has 0 saturated carbocycles. The molecule has 1 amide bonds. The fourth-order valence-electron chi connectivity index (χ4n) is 11.2. The number of carbonyl (C=O) groups is 2. The average Bonchev–Trinajstić information content (AvgIpc) is 3.45. The van der Waals surface area contributed by atoms with Crippen LogP contribution in [-0.4, -0.2) is 47.4 Å². The molecule has 0 radical (unpaired) electrons. The Labute approximate surface area is 494 Å². The summed E-state index contributed by atoms with van der Waals surface area (Å²) in [5.41, 5.74) is 0. The number of allylic oxidation sites excluding steroid dienone is 5. The van der Waals surface area contributed by atoms with Crippen molar-refractivity contribution >= 4 is 11.9 Å². The van der Waals surface area contributed by atoms with Crippen LogP contribution in [0.3, 0.4) is 0 Å². The first kappa shape index (κ1) is 77.1. The first-order valence-electron chi connectivity index (χ1n) is 35.8. The Morgan fingerprint density at radius 3 is 0.987 bits per heavy atom. The highest BCUT2D eigenvalue weighted by Gasteiger charge is 2.18. The van der Waals surface area contributed by atoms with Crippen molar-refractivity contribution in [1.82, 2.24) is 5.32 Å². The van der Waals surface area contributed by atoms with Crippen LogP contribution in [0.15, 0.2) is 36.5 Å². The molecule has 0 saturated heterocycles. The van der Waals surface area contributed by atoms with Crippen molar-refractivity contribution in [2.45, 2.75) is 405 Å². The molecule has 0 heterocycles. The van der Waals surface area contributed by atoms with E-state index in [4.69, 9.17) is 4.74 Å². The summed E-state index contributed by atoms with van der Waals surface area (Å²) in [7, 11) is 0. The highest BCUT2D eigenvalue weighted by atomic mass is 16.5. The maximum absolute atomic E-state index is 12.5. The van der Waals surface area contributed by atoms with Gasteiger partial charge in [0.2, 0.25) is 5.91 Å². The van der Waals surface area contributed by atoms with Crippen LogP contribution in [0.25, 0.3) is 0 Å². The Morgan fingerprint density at radius 2 is 0.633 bits per heavy atom. The molecular formula is C73H139NO5. The van der Waals surface area contributed by atoms with Crippen LogP contribution >= 0.6 is 0 Å². The van der Waals surface area contributed by atoms with Gasteiger partial charge in [0.05, 0.1) is 25.4 Å². The zero-order valence-corrected chi connectivity index (χ0v) is 53.4. The van der Waals surface area contributed by atoms with Crippen molar-refractivity contribution in [3.05, 3.63) is 36.5 Å². The molecule has 0 aliphatic carbocycles. The van der Waals surface area contributed by atoms with E-state index in [1.54, 1.807) is 6.08 Å². The van der Waals surface area contributed by atoms with E-state index in [0.717, 1.165) is 51.4 Å². The van der Waals surface area contributed by atoms with Gasteiger partial charge >= 0.3 is 5.97 Å². The molecule has 6 heteroatoms. The molecule has 466 valence electrons. The second kappa shape index (κ2) is 68.6. The minimum absolute atomic E-state index is 0.000660. The van der Waals surface area contributed by atoms with Gasteiger partial charge in [-0.1, -0.05) is 352 Å². The summed E-state index contributed by atoms with van der Waals surface area (Å²) in [5.74, 6) is -0.0648. The zero-order valence-electron chi connectivity index (χ0n) is 53.4. The maximum Gasteiger partial charge on any atom is 0.305 e. The lowest BCUT2D eigenvalue weighted by Gasteiger charge is -2.20. The SMILES string of the molecule is CCCCC/C=C\C/C=C\CCCCCCCC(=O)OCCCCCCCCCCCCCCCCCCCCCCCCC(=O)NC(CO)C(O)/C=C/CCCCCCCCCCCCCCCCCCCCCCCCC. The molecule has 0 fully saturated rings. The Kier molecular flexibility index (Phi) is 66.9. The van der Waals surface area contributed by atoms with Gasteiger partial charge in [-0.15, -0.1) is 0 Å². The lowest BCUT2D eigenvalue weighted by molar-refractivity contribution is -0.143. The van der Waals surface area contributed by atoms with Crippen molar-refractivity contribution in [2.75, 3.05) is 13.2 Å². The molecule has 0 aliphatic rings. The molecule has 79 heavy (non-hydrogen) atoms. The third kappa shape index (κ3) is 65.1. The first-order valence-corrected chi connectivity index (χ1v) is 35.8. The quantitative estimate of drug-likeness (QED) is 0.0320. The molecule has 0 spiro atoms. The minimum Gasteiger partial charge on any atom is -0.466 e. The number of hydrogen-bond donors (Lipinski definition) is 3. The third-order valence-electron chi connectivity index (χ3n) is 16.7. The number of unbranched alkanes of at least 4 members (excludes halogenated alkanes) is 52. The lowest BCUT2D eigenvalue weighted by Crippen LogP contribution is -2.45. The normalized spacial score (nSPS) is 12.7. The van der Waals surface area contributed by atoms with Crippen molar-refractivity contribution in [1.29, 1.82) is 0 Å². The summed E-state index contributed by atoms with van der Waals surface area (Å²) < 4.78 is 5.48. The molecule has 3 N–H and O–H groups in total. The van der Waals surface area contributed by atoms with Crippen LogP contribution in [0.4, 0.5) is 0 Å². The second-order valence-electron chi connectivity index (χ2n) is 24.6. The summed E-state index contributed by atoms with van der Waals surface area (Å²) in [6.45, 7) is 4.90. The Hall–Kier alpha value is -1.92. The number of amides is 1. The lowest BCUT2D eigenvalue weighted by atomic mass is 10.0. The number of rotatable bonds is 67. The molecule has 2 atom stereocenters. The standard InChI is InChI=1S/C73H139NO5/c1-3-5-7-9-11-13-15-17-19-20-21-22-23-24-25-28-31-34-38-41-45-49-53-57-61-65-71(76)70(69-75)74-72(77)66-62-58-54-50-46-42-39-35-32-29-26-27-30-33-36-40-44-48-52-56-60-64-68-79-73(78)67-63-59-55-51-47-43-37-18-16-14-12-10-8-6-4-2/h12,14,18,37,61,65,70-71,75-76H,3-11,13,15-17,19-36,38-60,62-64,66-69H2,1-2H3,(H,74,77)/b14-12-,37-18-,65-61+. The number of aliphatic hydroxyl groups excluding tert-OH is 2. The molecule has 0 aromatic rings. The van der Waals surface area contributed by atoms with E-state index < -0.39 is 12.1 Å². The summed E-state index contributed by atoms with van der Waals surface area (Å²) in [6, 6.07) is -0.630. The maximum atomic E-state index is 12.5. The predicted molar refractivity (Wildman–Crippen MR) is 347 cm³/mol. The highest BCUT2D eigenvalue weighted by Crippen LogP contribution is 2.19. The largest absolute Gasteiger partial charge is 0.466 e. The van der Waals surface area contributed by atoms with Gasteiger partial charge < -0.3 is 20.3 Å². The monoisotopic (exact) mass is 1110 g/mol. The number of esters is 1. The van der Waals surface area contributed by atoms with Crippen LogP contribution < -0.4 is 5.32 Å². The van der Waals surface area contributed by atoms with Crippen LogP contribution in [-0.2, 0) is 14.3 Å². The zero-order chi connectivity index (χ0) is 57.1. The minimum atomic E-state index is -0.847. The number of nitrogens with one attached hydrogen (secondary N) is 1. The topological polar surface area (TPSA) is 95.9 Å². The Bertz CT molecular complexity index is 1280. The molecular weight excluding hydrogens is 971 g/mol. The molecule has 0 aliphatic heterocycles. The van der Waals surface area contributed by atoms with Gasteiger partial charge in [-0.2, -0.15) is 0 Å². The van der Waals surface area contributed by atoms with Gasteiger partial charge in [-0.3, -0.25) is 9.59 Å². The Balaban J connectivity index is 3.41. The highest BCUT2D eigenvalue weighted by molar-refractivity contribution is 5.76. The predicted octanol–water partition coefficient (Wildman–Crippen LogP) is 23.1. The van der Waals surface area contributed by atoms with Crippen molar-refractivity contribution < 1.29 is 24.5 Å². The number of carbonyl (C=O) groups excluding carboxylic acids is 2. The molecule has 0 aromatic heterocycles. The smallest absolute Gasteiger partial charge is 0.305 e. The van der Waals surface area contributed by atoms with Gasteiger partial charge in [-0.25, -0.2) is 0 Å². The van der Waals surface area contributed by atoms with E-state index in [2.05, 4.69) is 43.5 Å². The van der Waals surface area contributed by atoms with Gasteiger partial charge in [0, 0.05) is 12.8 Å². The fraction of sp³-hybridized carbons (Fsp3) is 0.890. The van der Waals surface area contributed by atoms with Crippen molar-refractivity contribution in [2.24, 2.45) is 0 Å². The van der Waals surface area contributed by atoms with E-state index in [1.807, 2.05) is 6.08 Å². The summed E-state index contributed by atoms with van der Waals surface area (Å²) in [5, 5.41) is 23.3. The number of aliphatic hydroxyl groups is 2. The first-order chi connectivity index (χ1) is 39.0. The van der Waals surface area contributed by atoms with E-state index in [9.17, 15) is 19.8 Å². The Morgan fingerprint density at radius 1 is 0.354 bits per heavy atom. The summed E-state index contributed by atoms with van der Waals surface area (Å²) in [6.07, 6.45) is 87.9. The van der Waals surface area contributed by atoms with Crippen LogP contribution in [0.2, 0.25) is 0 Å². The van der Waals surface area contributed by atoms with Gasteiger partial charge in [0.1, 0.15) is 0 Å². The molecule has 6 nitrogen and oxygen atoms in total. The van der Waals surface area contributed by atoms with Crippen molar-refractivity contribution in [3.63, 3.8) is 0 Å². The fourth-order valence-corrected chi connectivity index (χ4v) is 11.2. The van der Waals surface area contributed by atoms with E-state index in [1.165, 1.54) is 315 Å².